The van der Waals surface area contributed by atoms with Crippen LogP contribution in [0, 0.1) is 13.8 Å². The minimum absolute atomic E-state index is 0.0436. The Kier molecular flexibility index (Phi) is 25.1. The summed E-state index contributed by atoms with van der Waals surface area (Å²) in [5.74, 6) is 0.531. The maximum Gasteiger partial charge on any atom is 0.0464 e. The molecule has 0 fully saturated rings. The third kappa shape index (κ3) is 16.4. The number of aryl methyl sites for hydroxylation is 4. The van der Waals surface area contributed by atoms with Crippen LogP contribution in [0.25, 0.3) is 55.6 Å². The lowest BCUT2D eigenvalue weighted by atomic mass is 9.70. The minimum atomic E-state index is -0.0816. The normalized spacial score (nSPS) is 13.8. The van der Waals surface area contributed by atoms with Gasteiger partial charge in [-0.2, -0.15) is 0 Å². The number of unbranched alkanes of at least 4 members (excludes halogenated alkanes) is 20. The summed E-state index contributed by atoms with van der Waals surface area (Å²) in [4.78, 5) is 4.94. The quantitative estimate of drug-likeness (QED) is 0.0354. The number of benzene rings is 10. The lowest BCUT2D eigenvalue weighted by Crippen LogP contribution is -2.25. The SMILES string of the molecule is CCCCCCCCC1(CCCCCCCC)c2cc(C)ccc2-c2ccc(-c3ccc(N(c4ccc(-c5ccc6c(c5)C(CCCCCCCC)(CCCCCCCC)c5cc(-c7ccc(N(c8ccc(C)cc8)c8ccc(C(C)CC)cc8)cc7)ccc5-6)cc4)c4ccc5c(c4)CC5)cc3)cc21. The van der Waals surface area contributed by atoms with Crippen LogP contribution in [-0.4, -0.2) is 0 Å². The van der Waals surface area contributed by atoms with Gasteiger partial charge in [0.25, 0.3) is 0 Å². The minimum Gasteiger partial charge on any atom is -0.311 e. The molecule has 0 heterocycles. The summed E-state index contributed by atoms with van der Waals surface area (Å²) in [5, 5.41) is 0. The number of anilines is 6. The Morgan fingerprint density at radius 2 is 0.558 bits per heavy atom. The molecule has 2 heteroatoms. The third-order valence-electron chi connectivity index (χ3n) is 24.8. The van der Waals surface area contributed by atoms with Gasteiger partial charge in [0.1, 0.15) is 0 Å². The molecule has 1 unspecified atom stereocenters. The van der Waals surface area contributed by atoms with E-state index in [1.807, 2.05) is 0 Å². The molecule has 3 aliphatic carbocycles. The molecule has 0 amide bonds. The largest absolute Gasteiger partial charge is 0.311 e. The van der Waals surface area contributed by atoms with E-state index in [2.05, 4.69) is 278 Å². The molecule has 0 saturated heterocycles. The summed E-state index contributed by atoms with van der Waals surface area (Å²) in [6.07, 6.45) is 39.8. The smallest absolute Gasteiger partial charge is 0.0464 e. The highest BCUT2D eigenvalue weighted by molar-refractivity contribution is 5.89. The fraction of sp³-hybridized carbons (Fsp3) is 0.412. The fourth-order valence-corrected chi connectivity index (χ4v) is 18.3. The Hall–Kier alpha value is -8.20. The Morgan fingerprint density at radius 3 is 0.904 bits per heavy atom. The maximum atomic E-state index is 2.65. The molecule has 104 heavy (non-hydrogen) atoms. The first-order valence-corrected chi connectivity index (χ1v) is 41.8. The molecule has 0 bridgehead atoms. The molecule has 3 aliphatic rings. The number of nitrogens with zero attached hydrogens (tertiary/aromatic N) is 2. The van der Waals surface area contributed by atoms with E-state index < -0.39 is 0 Å². The van der Waals surface area contributed by atoms with E-state index in [-0.39, 0.29) is 10.8 Å². The van der Waals surface area contributed by atoms with Gasteiger partial charge in [0.05, 0.1) is 0 Å². The van der Waals surface area contributed by atoms with Crippen LogP contribution in [0.5, 0.6) is 0 Å². The number of hydrogen-bond acceptors (Lipinski definition) is 2. The molecule has 2 nitrogen and oxygen atoms in total. The van der Waals surface area contributed by atoms with Gasteiger partial charge in [-0.15, -0.1) is 0 Å². The average molecular weight is 1380 g/mol. The predicted octanol–water partition coefficient (Wildman–Crippen LogP) is 31.4. The third-order valence-corrected chi connectivity index (χ3v) is 24.8. The molecule has 0 saturated carbocycles. The van der Waals surface area contributed by atoms with Crippen molar-refractivity contribution in [3.8, 4) is 55.6 Å². The van der Waals surface area contributed by atoms with Gasteiger partial charge in [-0.05, 0) is 250 Å². The van der Waals surface area contributed by atoms with Gasteiger partial charge in [0.2, 0.25) is 0 Å². The molecule has 0 N–H and O–H groups in total. The molecule has 0 spiro atoms. The molecular formula is C102H122N2. The van der Waals surface area contributed by atoms with E-state index >= 15 is 0 Å². The molecule has 10 aromatic rings. The summed E-state index contributed by atoms with van der Waals surface area (Å²) >= 11 is 0. The summed E-state index contributed by atoms with van der Waals surface area (Å²) < 4.78 is 0. The number of hydrogen-bond donors (Lipinski definition) is 0. The zero-order chi connectivity index (χ0) is 71.8. The highest BCUT2D eigenvalue weighted by Gasteiger charge is 2.44. The van der Waals surface area contributed by atoms with Crippen LogP contribution in [-0.2, 0) is 23.7 Å². The second-order valence-corrected chi connectivity index (χ2v) is 32.1. The summed E-state index contributed by atoms with van der Waals surface area (Å²) in [5.41, 5.74) is 34.0. The zero-order valence-corrected chi connectivity index (χ0v) is 65.1. The van der Waals surface area contributed by atoms with Crippen molar-refractivity contribution in [1.29, 1.82) is 0 Å². The molecule has 10 aromatic carbocycles. The van der Waals surface area contributed by atoms with Crippen LogP contribution in [0.2, 0.25) is 0 Å². The van der Waals surface area contributed by atoms with Crippen LogP contribution < -0.4 is 9.80 Å². The molecule has 540 valence electrons. The second kappa shape index (κ2) is 35.3. The van der Waals surface area contributed by atoms with Crippen molar-refractivity contribution in [2.75, 3.05) is 9.80 Å². The Morgan fingerprint density at radius 1 is 0.269 bits per heavy atom. The molecule has 0 aromatic heterocycles. The van der Waals surface area contributed by atoms with E-state index in [9.17, 15) is 0 Å². The van der Waals surface area contributed by atoms with Crippen LogP contribution in [0.3, 0.4) is 0 Å². The zero-order valence-electron chi connectivity index (χ0n) is 65.1. The standard InChI is InChI=1S/C102H122N2/c1-9-14-18-22-26-30-66-101(67-31-27-23-19-15-10-2)97-70-76(7)36-62-93(97)94-63-48-84(72-98(94)101)81-43-57-90(58-44-81)104(92-61-47-79-37-38-83(79)71-92)91-59-45-82(46-60-91)86-50-65-96-95-64-49-85(73-99(95)102(100(96)74-86,68-32-28-24-20-16-11-3)69-33-29-25-21-17-12-4)80-41-55-89(56-42-80)103(87-51-34-75(6)35-52-87)88-53-39-78(40-54-88)77(8)13-5/h34-36,39-65,70-74,77H,9-33,37-38,66-69H2,1-8H3. The predicted molar refractivity (Wildman–Crippen MR) is 452 cm³/mol. The molecular weight excluding hydrogens is 1250 g/mol. The van der Waals surface area contributed by atoms with Crippen molar-refractivity contribution in [3.05, 3.63) is 262 Å². The monoisotopic (exact) mass is 1370 g/mol. The molecule has 0 radical (unpaired) electrons. The van der Waals surface area contributed by atoms with Crippen molar-refractivity contribution >= 4 is 34.1 Å². The Balaban J connectivity index is 0.823. The lowest BCUT2D eigenvalue weighted by molar-refractivity contribution is 0.398. The van der Waals surface area contributed by atoms with Gasteiger partial charge in [-0.3, -0.25) is 0 Å². The van der Waals surface area contributed by atoms with E-state index in [1.165, 1.54) is 304 Å². The summed E-state index contributed by atoms with van der Waals surface area (Å²) in [6.45, 7) is 18.5. The first-order valence-electron chi connectivity index (χ1n) is 41.8. The van der Waals surface area contributed by atoms with Crippen LogP contribution in [0.1, 0.15) is 284 Å². The first-order chi connectivity index (χ1) is 51.1. The Labute approximate surface area is 629 Å². The Bertz CT molecular complexity index is 4360. The molecule has 13 rings (SSSR count). The van der Waals surface area contributed by atoms with Crippen molar-refractivity contribution in [1.82, 2.24) is 0 Å². The van der Waals surface area contributed by atoms with E-state index in [1.54, 1.807) is 22.3 Å². The van der Waals surface area contributed by atoms with Crippen molar-refractivity contribution < 1.29 is 0 Å². The highest BCUT2D eigenvalue weighted by atomic mass is 15.1. The van der Waals surface area contributed by atoms with Crippen molar-refractivity contribution in [2.24, 2.45) is 0 Å². The van der Waals surface area contributed by atoms with Gasteiger partial charge in [-0.1, -0.05) is 328 Å². The van der Waals surface area contributed by atoms with Crippen LogP contribution >= 0.6 is 0 Å². The van der Waals surface area contributed by atoms with E-state index in [4.69, 9.17) is 0 Å². The second-order valence-electron chi connectivity index (χ2n) is 32.1. The highest BCUT2D eigenvalue weighted by Crippen LogP contribution is 2.58. The fourth-order valence-electron chi connectivity index (χ4n) is 18.3. The van der Waals surface area contributed by atoms with Gasteiger partial charge in [-0.25, -0.2) is 0 Å². The lowest BCUT2D eigenvalue weighted by Gasteiger charge is -2.33. The van der Waals surface area contributed by atoms with Gasteiger partial charge in [0, 0.05) is 45.0 Å². The van der Waals surface area contributed by atoms with Crippen LogP contribution in [0.15, 0.2) is 212 Å². The van der Waals surface area contributed by atoms with Crippen molar-refractivity contribution in [2.45, 2.75) is 271 Å². The summed E-state index contributed by atoms with van der Waals surface area (Å²) in [6, 6.07) is 84.3. The maximum absolute atomic E-state index is 2.65. The first kappa shape index (κ1) is 74.1. The molecule has 1 atom stereocenters. The van der Waals surface area contributed by atoms with Gasteiger partial charge in [0.15, 0.2) is 0 Å². The van der Waals surface area contributed by atoms with Crippen LogP contribution in [0.4, 0.5) is 34.1 Å². The topological polar surface area (TPSA) is 6.48 Å². The van der Waals surface area contributed by atoms with Gasteiger partial charge >= 0.3 is 0 Å². The van der Waals surface area contributed by atoms with E-state index in [0.29, 0.717) is 5.92 Å². The molecule has 0 aliphatic heterocycles. The summed E-state index contributed by atoms with van der Waals surface area (Å²) in [7, 11) is 0. The number of rotatable bonds is 39. The van der Waals surface area contributed by atoms with E-state index in [0.717, 1.165) is 12.8 Å². The average Bonchev–Trinajstić information content (AvgIpc) is 1.56. The van der Waals surface area contributed by atoms with Gasteiger partial charge < -0.3 is 9.80 Å². The number of fused-ring (bicyclic) bond motifs is 7. The van der Waals surface area contributed by atoms with Crippen molar-refractivity contribution in [3.63, 3.8) is 0 Å².